The molecule has 0 unspecified atom stereocenters. The van der Waals surface area contributed by atoms with Gasteiger partial charge in [-0.15, -0.1) is 0 Å². The number of nitrogens with zero attached hydrogens (tertiary/aromatic N) is 1. The van der Waals surface area contributed by atoms with Crippen LogP contribution < -0.4 is 0 Å². The molecule has 0 N–H and O–H groups in total. The van der Waals surface area contributed by atoms with Crippen molar-refractivity contribution in [1.29, 1.82) is 0 Å². The summed E-state index contributed by atoms with van der Waals surface area (Å²) in [5.74, 6) is 1.03. The van der Waals surface area contributed by atoms with Crippen LogP contribution in [0.3, 0.4) is 0 Å². The molecule has 0 aromatic heterocycles. The number of likely N-dealkylation sites (N-methyl/N-ethyl adjacent to an activating group) is 1. The van der Waals surface area contributed by atoms with Crippen molar-refractivity contribution in [2.45, 2.75) is 26.6 Å². The van der Waals surface area contributed by atoms with Gasteiger partial charge in [-0.05, 0) is 20.3 Å². The maximum absolute atomic E-state index is 11.7. The summed E-state index contributed by atoms with van der Waals surface area (Å²) in [4.78, 5) is 24.3. The lowest BCUT2D eigenvalue weighted by molar-refractivity contribution is -0.142. The van der Waals surface area contributed by atoms with Gasteiger partial charge in [0.25, 0.3) is 0 Å². The summed E-state index contributed by atoms with van der Waals surface area (Å²) in [6, 6.07) is 0. The summed E-state index contributed by atoms with van der Waals surface area (Å²) >= 11 is 0. The summed E-state index contributed by atoms with van der Waals surface area (Å²) in [7, 11) is 2.97. The van der Waals surface area contributed by atoms with Crippen molar-refractivity contribution in [3.8, 4) is 0 Å². The van der Waals surface area contributed by atoms with E-state index >= 15 is 0 Å². The number of ether oxygens (including phenoxy) is 1. The molecule has 0 aromatic rings. The molecule has 0 rings (SSSR count). The summed E-state index contributed by atoms with van der Waals surface area (Å²) in [5, 5.41) is 0. The lowest BCUT2D eigenvalue weighted by atomic mass is 9.71. The van der Waals surface area contributed by atoms with Crippen LogP contribution in [0.4, 0.5) is 0 Å². The number of carbonyl (C=O) groups is 2. The predicted molar refractivity (Wildman–Crippen MR) is 89.6 cm³/mol. The molecule has 0 spiro atoms. The van der Waals surface area contributed by atoms with Gasteiger partial charge in [-0.2, -0.15) is 0 Å². The van der Waals surface area contributed by atoms with Crippen LogP contribution in [0, 0.1) is 0 Å². The van der Waals surface area contributed by atoms with E-state index in [-0.39, 0.29) is 31.9 Å². The molecule has 0 saturated heterocycles. The molecule has 0 aliphatic heterocycles. The largest absolute Gasteiger partial charge is 0.531 e. The zero-order chi connectivity index (χ0) is 16.8. The summed E-state index contributed by atoms with van der Waals surface area (Å²) in [6.07, 6.45) is 12.0. The Kier molecular flexibility index (Phi) is 11.8. The fourth-order valence-corrected chi connectivity index (χ4v) is 1.54. The van der Waals surface area contributed by atoms with Gasteiger partial charge in [0.1, 0.15) is 0 Å². The normalized spacial score (nSPS) is 11.7. The van der Waals surface area contributed by atoms with Gasteiger partial charge >= 0.3 is 18.9 Å². The van der Waals surface area contributed by atoms with Crippen LogP contribution in [-0.4, -0.2) is 51.0 Å². The van der Waals surface area contributed by atoms with E-state index in [9.17, 15) is 9.59 Å². The molecule has 0 saturated carbocycles. The average Bonchev–Trinajstić information content (AvgIpc) is 2.45. The minimum absolute atomic E-state index is 0.0445. The number of esters is 1. The van der Waals surface area contributed by atoms with E-state index in [4.69, 9.17) is 4.65 Å². The number of methoxy groups -OCH3 is 1. The second-order valence-electron chi connectivity index (χ2n) is 4.93. The Morgan fingerprint density at radius 2 is 1.73 bits per heavy atom. The zero-order valence-corrected chi connectivity index (χ0v) is 14.0. The van der Waals surface area contributed by atoms with Crippen molar-refractivity contribution in [1.82, 2.24) is 4.90 Å². The predicted octanol–water partition coefficient (Wildman–Crippen LogP) is 2.26. The molecule has 0 aliphatic rings. The van der Waals surface area contributed by atoms with Crippen molar-refractivity contribution < 1.29 is 19.0 Å². The Hall–Kier alpha value is -1.82. The average molecular weight is 307 g/mol. The highest BCUT2D eigenvalue weighted by atomic mass is 16.5. The SMILES string of the molecule is CCC/C=C/C=C\C=C\B(C)OC(=O)CN(C)CC(=O)OC. The van der Waals surface area contributed by atoms with Crippen LogP contribution in [0.5, 0.6) is 0 Å². The van der Waals surface area contributed by atoms with Gasteiger partial charge in [0.2, 0.25) is 0 Å². The highest BCUT2D eigenvalue weighted by Crippen LogP contribution is 1.94. The molecule has 0 atom stereocenters. The summed E-state index contributed by atoms with van der Waals surface area (Å²) in [6.45, 7) is 3.71. The Balaban J connectivity index is 4.01. The molecule has 0 fully saturated rings. The van der Waals surface area contributed by atoms with Crippen molar-refractivity contribution in [2.24, 2.45) is 0 Å². The lowest BCUT2D eigenvalue weighted by Gasteiger charge is -2.15. The molecule has 0 heterocycles. The third kappa shape index (κ3) is 12.0. The van der Waals surface area contributed by atoms with E-state index in [1.54, 1.807) is 24.7 Å². The maximum atomic E-state index is 11.7. The van der Waals surface area contributed by atoms with Gasteiger partial charge in [-0.1, -0.05) is 49.7 Å². The maximum Gasteiger partial charge on any atom is 0.384 e. The van der Waals surface area contributed by atoms with E-state index in [2.05, 4.69) is 17.7 Å². The Morgan fingerprint density at radius 1 is 1.09 bits per heavy atom. The van der Waals surface area contributed by atoms with Crippen molar-refractivity contribution in [3.63, 3.8) is 0 Å². The van der Waals surface area contributed by atoms with Gasteiger partial charge in [0.05, 0.1) is 20.2 Å². The number of unbranched alkanes of at least 4 members (excludes halogenated alkanes) is 1. The molecular formula is C16H26BNO4. The molecule has 6 heteroatoms. The van der Waals surface area contributed by atoms with E-state index < -0.39 is 0 Å². The molecule has 122 valence electrons. The first-order valence-electron chi connectivity index (χ1n) is 7.44. The van der Waals surface area contributed by atoms with Crippen LogP contribution in [-0.2, 0) is 19.0 Å². The molecule has 0 amide bonds. The second kappa shape index (κ2) is 12.9. The minimum atomic E-state index is -0.385. The first-order chi connectivity index (χ1) is 10.5. The zero-order valence-electron chi connectivity index (χ0n) is 14.0. The Morgan fingerprint density at radius 3 is 2.36 bits per heavy atom. The molecular weight excluding hydrogens is 281 g/mol. The highest BCUT2D eigenvalue weighted by Gasteiger charge is 2.14. The molecule has 0 aromatic carbocycles. The number of allylic oxidation sites excluding steroid dienone is 5. The number of carbonyl (C=O) groups excluding carboxylic acids is 2. The monoisotopic (exact) mass is 307 g/mol. The van der Waals surface area contributed by atoms with Crippen LogP contribution in [0.2, 0.25) is 6.82 Å². The molecule has 0 aliphatic carbocycles. The van der Waals surface area contributed by atoms with Gasteiger partial charge < -0.3 is 9.39 Å². The van der Waals surface area contributed by atoms with E-state index in [1.807, 2.05) is 24.3 Å². The standard InChI is InChI=1S/C16H26BNO4/c1-5-6-7-8-9-10-11-12-17(2)22-16(20)14-18(3)13-15(19)21-4/h7-12H,5-6,13-14H2,1-4H3/b8-7+,10-9-,12-11+. The molecule has 0 radical (unpaired) electrons. The fourth-order valence-electron chi connectivity index (χ4n) is 1.54. The molecule has 22 heavy (non-hydrogen) atoms. The van der Waals surface area contributed by atoms with Crippen molar-refractivity contribution in [2.75, 3.05) is 27.2 Å². The third-order valence-electron chi connectivity index (χ3n) is 2.65. The Bertz CT molecular complexity index is 418. The first-order valence-corrected chi connectivity index (χ1v) is 7.44. The smallest absolute Gasteiger partial charge is 0.384 e. The number of hydrogen-bond acceptors (Lipinski definition) is 5. The fraction of sp³-hybridized carbons (Fsp3) is 0.500. The highest BCUT2D eigenvalue weighted by molar-refractivity contribution is 6.58. The molecule has 0 bridgehead atoms. The quantitative estimate of drug-likeness (QED) is 0.352. The lowest BCUT2D eigenvalue weighted by Crippen LogP contribution is -2.34. The van der Waals surface area contributed by atoms with Crippen molar-refractivity contribution >= 4 is 18.9 Å². The summed E-state index contributed by atoms with van der Waals surface area (Å²) in [5.41, 5.74) is 0. The molecule has 5 nitrogen and oxygen atoms in total. The van der Waals surface area contributed by atoms with E-state index in [1.165, 1.54) is 7.11 Å². The van der Waals surface area contributed by atoms with Gasteiger partial charge in [-0.25, -0.2) is 0 Å². The van der Waals surface area contributed by atoms with Crippen LogP contribution in [0.1, 0.15) is 19.8 Å². The van der Waals surface area contributed by atoms with Crippen molar-refractivity contribution in [3.05, 3.63) is 36.4 Å². The summed E-state index contributed by atoms with van der Waals surface area (Å²) < 4.78 is 9.74. The van der Waals surface area contributed by atoms with Crippen LogP contribution in [0.25, 0.3) is 0 Å². The Labute approximate surface area is 133 Å². The topological polar surface area (TPSA) is 55.8 Å². The number of rotatable bonds is 10. The minimum Gasteiger partial charge on any atom is -0.531 e. The third-order valence-corrected chi connectivity index (χ3v) is 2.65. The first kappa shape index (κ1) is 20.2. The van der Waals surface area contributed by atoms with Crippen LogP contribution in [0.15, 0.2) is 36.4 Å². The van der Waals surface area contributed by atoms with E-state index in [0.29, 0.717) is 0 Å². The second-order valence-corrected chi connectivity index (χ2v) is 4.93. The van der Waals surface area contributed by atoms with Crippen LogP contribution >= 0.6 is 0 Å². The van der Waals surface area contributed by atoms with E-state index in [0.717, 1.165) is 12.8 Å². The van der Waals surface area contributed by atoms with Gasteiger partial charge in [0, 0.05) is 0 Å². The van der Waals surface area contributed by atoms with Gasteiger partial charge in [-0.3, -0.25) is 14.5 Å². The van der Waals surface area contributed by atoms with Gasteiger partial charge in [0.15, 0.2) is 0 Å². The number of hydrogen-bond donors (Lipinski definition) is 0.